The van der Waals surface area contributed by atoms with E-state index in [0.717, 1.165) is 23.9 Å². The molecule has 3 atom stereocenters. The van der Waals surface area contributed by atoms with Crippen molar-refractivity contribution in [1.29, 1.82) is 0 Å². The van der Waals surface area contributed by atoms with Crippen LogP contribution in [0.1, 0.15) is 50.2 Å². The summed E-state index contributed by atoms with van der Waals surface area (Å²) < 4.78 is 13.4. The first-order valence-corrected chi connectivity index (χ1v) is 7.93. The molecule has 0 amide bonds. The SMILES string of the molecule is CNCC1CCC(C(C)C)CC1c1ccc(F)cc1C. The van der Waals surface area contributed by atoms with Crippen LogP contribution in [0.4, 0.5) is 4.39 Å². The molecule has 0 bridgehead atoms. The van der Waals surface area contributed by atoms with Gasteiger partial charge in [0.05, 0.1) is 0 Å². The van der Waals surface area contributed by atoms with E-state index >= 15 is 0 Å². The molecule has 2 rings (SSSR count). The Balaban J connectivity index is 2.26. The maximum absolute atomic E-state index is 13.4. The van der Waals surface area contributed by atoms with Crippen molar-refractivity contribution < 1.29 is 4.39 Å². The van der Waals surface area contributed by atoms with E-state index in [1.807, 2.05) is 20.0 Å². The minimum Gasteiger partial charge on any atom is -0.319 e. The Labute approximate surface area is 123 Å². The van der Waals surface area contributed by atoms with Crippen LogP contribution in [0, 0.1) is 30.5 Å². The molecule has 1 N–H and O–H groups in total. The second kappa shape index (κ2) is 6.71. The van der Waals surface area contributed by atoms with E-state index in [1.54, 1.807) is 12.1 Å². The number of halogens is 1. The van der Waals surface area contributed by atoms with Gasteiger partial charge in [0.1, 0.15) is 5.82 Å². The van der Waals surface area contributed by atoms with Crippen LogP contribution in [0.2, 0.25) is 0 Å². The van der Waals surface area contributed by atoms with Crippen molar-refractivity contribution in [2.45, 2.75) is 46.0 Å². The third-order valence-corrected chi connectivity index (χ3v) is 5.07. The number of benzene rings is 1. The van der Waals surface area contributed by atoms with Crippen LogP contribution in [0.3, 0.4) is 0 Å². The lowest BCUT2D eigenvalue weighted by atomic mass is 9.67. The molecule has 112 valence electrons. The number of hydrogen-bond acceptors (Lipinski definition) is 1. The number of rotatable bonds is 4. The fourth-order valence-corrected chi connectivity index (χ4v) is 3.81. The van der Waals surface area contributed by atoms with Gasteiger partial charge < -0.3 is 5.32 Å². The van der Waals surface area contributed by atoms with E-state index in [2.05, 4.69) is 19.2 Å². The van der Waals surface area contributed by atoms with E-state index < -0.39 is 0 Å². The van der Waals surface area contributed by atoms with Gasteiger partial charge in [-0.2, -0.15) is 0 Å². The highest BCUT2D eigenvalue weighted by Crippen LogP contribution is 2.43. The van der Waals surface area contributed by atoms with E-state index in [4.69, 9.17) is 0 Å². The zero-order chi connectivity index (χ0) is 14.7. The maximum Gasteiger partial charge on any atom is 0.123 e. The molecular formula is C18H28FN. The van der Waals surface area contributed by atoms with E-state index in [1.165, 1.54) is 24.8 Å². The predicted octanol–water partition coefficient (Wildman–Crippen LogP) is 4.51. The van der Waals surface area contributed by atoms with Crippen molar-refractivity contribution in [2.24, 2.45) is 17.8 Å². The molecule has 3 unspecified atom stereocenters. The van der Waals surface area contributed by atoms with Gasteiger partial charge in [-0.05, 0) is 86.7 Å². The third-order valence-electron chi connectivity index (χ3n) is 5.07. The van der Waals surface area contributed by atoms with Gasteiger partial charge in [-0.3, -0.25) is 0 Å². The predicted molar refractivity (Wildman–Crippen MR) is 83.5 cm³/mol. The van der Waals surface area contributed by atoms with E-state index in [0.29, 0.717) is 11.8 Å². The Morgan fingerprint density at radius 2 is 2.05 bits per heavy atom. The van der Waals surface area contributed by atoms with Gasteiger partial charge >= 0.3 is 0 Å². The zero-order valence-corrected chi connectivity index (χ0v) is 13.2. The Kier molecular flexibility index (Phi) is 5.20. The molecule has 1 aromatic rings. The summed E-state index contributed by atoms with van der Waals surface area (Å²) in [5.41, 5.74) is 2.47. The summed E-state index contributed by atoms with van der Waals surface area (Å²) in [7, 11) is 2.03. The number of hydrogen-bond donors (Lipinski definition) is 1. The van der Waals surface area contributed by atoms with Crippen molar-refractivity contribution in [3.05, 3.63) is 35.1 Å². The molecule has 20 heavy (non-hydrogen) atoms. The first-order chi connectivity index (χ1) is 9.52. The number of nitrogens with one attached hydrogen (secondary N) is 1. The van der Waals surface area contributed by atoms with Gasteiger partial charge in [0.15, 0.2) is 0 Å². The molecule has 0 heterocycles. The lowest BCUT2D eigenvalue weighted by molar-refractivity contribution is 0.192. The first-order valence-electron chi connectivity index (χ1n) is 7.93. The van der Waals surface area contributed by atoms with Crippen molar-refractivity contribution >= 4 is 0 Å². The average molecular weight is 277 g/mol. The molecule has 1 aliphatic carbocycles. The quantitative estimate of drug-likeness (QED) is 0.854. The van der Waals surface area contributed by atoms with E-state index in [9.17, 15) is 4.39 Å². The van der Waals surface area contributed by atoms with Crippen LogP contribution in [-0.4, -0.2) is 13.6 Å². The first kappa shape index (κ1) is 15.5. The number of aryl methyl sites for hydroxylation is 1. The van der Waals surface area contributed by atoms with Crippen LogP contribution in [0.25, 0.3) is 0 Å². The second-order valence-electron chi connectivity index (χ2n) is 6.74. The van der Waals surface area contributed by atoms with Crippen LogP contribution in [-0.2, 0) is 0 Å². The lowest BCUT2D eigenvalue weighted by Crippen LogP contribution is -2.32. The summed E-state index contributed by atoms with van der Waals surface area (Å²) in [5.74, 6) is 2.68. The molecule has 0 saturated heterocycles. The van der Waals surface area contributed by atoms with Gasteiger partial charge in [0.25, 0.3) is 0 Å². The Hall–Kier alpha value is -0.890. The summed E-state index contributed by atoms with van der Waals surface area (Å²) in [6.07, 6.45) is 3.86. The third kappa shape index (κ3) is 3.41. The van der Waals surface area contributed by atoms with Crippen LogP contribution >= 0.6 is 0 Å². The van der Waals surface area contributed by atoms with Crippen molar-refractivity contribution in [2.75, 3.05) is 13.6 Å². The highest BCUT2D eigenvalue weighted by molar-refractivity contribution is 5.31. The van der Waals surface area contributed by atoms with Gasteiger partial charge in [-0.25, -0.2) is 4.39 Å². The summed E-state index contributed by atoms with van der Waals surface area (Å²) in [5, 5.41) is 3.34. The zero-order valence-electron chi connectivity index (χ0n) is 13.2. The summed E-state index contributed by atoms with van der Waals surface area (Å²) >= 11 is 0. The smallest absolute Gasteiger partial charge is 0.123 e. The van der Waals surface area contributed by atoms with Crippen molar-refractivity contribution in [3.63, 3.8) is 0 Å². The molecule has 1 fully saturated rings. The molecule has 1 saturated carbocycles. The van der Waals surface area contributed by atoms with Gasteiger partial charge in [0, 0.05) is 0 Å². The molecule has 1 aliphatic rings. The largest absolute Gasteiger partial charge is 0.319 e. The summed E-state index contributed by atoms with van der Waals surface area (Å²) in [4.78, 5) is 0. The van der Waals surface area contributed by atoms with Gasteiger partial charge in [-0.15, -0.1) is 0 Å². The minimum absolute atomic E-state index is 0.118. The summed E-state index contributed by atoms with van der Waals surface area (Å²) in [6, 6.07) is 5.32. The molecule has 1 aromatic carbocycles. The highest BCUT2D eigenvalue weighted by atomic mass is 19.1. The van der Waals surface area contributed by atoms with Gasteiger partial charge in [0.2, 0.25) is 0 Å². The minimum atomic E-state index is -0.118. The highest BCUT2D eigenvalue weighted by Gasteiger charge is 2.33. The Morgan fingerprint density at radius 1 is 1.30 bits per heavy atom. The fraction of sp³-hybridized carbons (Fsp3) is 0.667. The second-order valence-corrected chi connectivity index (χ2v) is 6.74. The fourth-order valence-electron chi connectivity index (χ4n) is 3.81. The van der Waals surface area contributed by atoms with E-state index in [-0.39, 0.29) is 5.82 Å². The molecule has 0 aromatic heterocycles. The molecule has 1 nitrogen and oxygen atoms in total. The maximum atomic E-state index is 13.4. The average Bonchev–Trinajstić information content (AvgIpc) is 2.40. The van der Waals surface area contributed by atoms with Crippen molar-refractivity contribution in [1.82, 2.24) is 5.32 Å². The van der Waals surface area contributed by atoms with Crippen molar-refractivity contribution in [3.8, 4) is 0 Å². The van der Waals surface area contributed by atoms with Crippen LogP contribution in [0.15, 0.2) is 18.2 Å². The molecular weight excluding hydrogens is 249 g/mol. The molecule has 0 spiro atoms. The monoisotopic (exact) mass is 277 g/mol. The molecule has 0 radical (unpaired) electrons. The van der Waals surface area contributed by atoms with Crippen LogP contribution < -0.4 is 5.32 Å². The van der Waals surface area contributed by atoms with Gasteiger partial charge in [-0.1, -0.05) is 19.9 Å². The summed E-state index contributed by atoms with van der Waals surface area (Å²) in [6.45, 7) is 7.77. The lowest BCUT2D eigenvalue weighted by Gasteiger charge is -2.39. The van der Waals surface area contributed by atoms with Crippen LogP contribution in [0.5, 0.6) is 0 Å². The topological polar surface area (TPSA) is 12.0 Å². The standard InChI is InChI=1S/C18H28FN/c1-12(2)14-5-6-15(11-20-4)18(10-14)17-8-7-16(19)9-13(17)3/h7-9,12,14-15,18,20H,5-6,10-11H2,1-4H3. The molecule has 2 heteroatoms. The molecule has 0 aliphatic heterocycles. The Morgan fingerprint density at radius 3 is 2.65 bits per heavy atom. The Bertz CT molecular complexity index is 441. The normalized spacial score (nSPS) is 27.0.